The Kier molecular flexibility index (Phi) is 2.57. The van der Waals surface area contributed by atoms with Crippen molar-refractivity contribution in [3.05, 3.63) is 21.4 Å². The maximum Gasteiger partial charge on any atom is 0.354 e. The van der Waals surface area contributed by atoms with Crippen LogP contribution in [-0.4, -0.2) is 18.1 Å². The summed E-state index contributed by atoms with van der Waals surface area (Å²) in [5.41, 5.74) is 0.337. The van der Waals surface area contributed by atoms with Crippen LogP contribution in [0.5, 0.6) is 0 Å². The lowest BCUT2D eigenvalue weighted by molar-refractivity contribution is 0.0594. The minimum Gasteiger partial charge on any atom is -0.464 e. The highest BCUT2D eigenvalue weighted by Gasteiger charge is 2.10. The van der Waals surface area contributed by atoms with E-state index in [1.807, 2.05) is 0 Å². The van der Waals surface area contributed by atoms with Crippen molar-refractivity contribution in [1.29, 1.82) is 0 Å². The Morgan fingerprint density at radius 1 is 1.82 bits per heavy atom. The number of aromatic nitrogens is 1. The second-order valence-electron chi connectivity index (χ2n) is 1.84. The Hall–Kier alpha value is -0.480. The van der Waals surface area contributed by atoms with Gasteiger partial charge in [0.25, 0.3) is 0 Å². The summed E-state index contributed by atoms with van der Waals surface area (Å²) in [7, 11) is 1.31. The molecule has 60 valence electrons. The molecule has 3 nitrogen and oxygen atoms in total. The fourth-order valence-corrected chi connectivity index (χ4v) is 1.11. The number of carbonyl (C=O) groups excluding carboxylic acids is 1. The van der Waals surface area contributed by atoms with E-state index in [1.165, 1.54) is 13.2 Å². The van der Waals surface area contributed by atoms with E-state index in [0.29, 0.717) is 15.3 Å². The zero-order valence-corrected chi connectivity index (χ0v) is 7.99. The van der Waals surface area contributed by atoms with Crippen molar-refractivity contribution < 1.29 is 9.53 Å². The maximum atomic E-state index is 10.8. The largest absolute Gasteiger partial charge is 0.464 e. The van der Waals surface area contributed by atoms with Gasteiger partial charge in [-0.15, -0.1) is 0 Å². The number of nitrogens with one attached hydrogen (secondary N) is 1. The Bertz CT molecular complexity index is 265. The summed E-state index contributed by atoms with van der Waals surface area (Å²) in [6.07, 6.45) is 0. The SMILES string of the molecule is COC(=O)c1cc(Cl)c(Br)[nH]1. The Balaban J connectivity index is 2.97. The number of rotatable bonds is 1. The van der Waals surface area contributed by atoms with Crippen molar-refractivity contribution in [3.63, 3.8) is 0 Å². The number of hydrogen-bond donors (Lipinski definition) is 1. The van der Waals surface area contributed by atoms with Gasteiger partial charge in [-0.2, -0.15) is 0 Å². The number of ether oxygens (including phenoxy) is 1. The monoisotopic (exact) mass is 237 g/mol. The number of hydrogen-bond acceptors (Lipinski definition) is 2. The molecule has 0 saturated carbocycles. The molecule has 0 saturated heterocycles. The van der Waals surface area contributed by atoms with Crippen LogP contribution in [0.4, 0.5) is 0 Å². The van der Waals surface area contributed by atoms with E-state index in [-0.39, 0.29) is 0 Å². The third-order valence-corrected chi connectivity index (χ3v) is 2.28. The van der Waals surface area contributed by atoms with Gasteiger partial charge in [-0.05, 0) is 22.0 Å². The number of halogens is 2. The van der Waals surface area contributed by atoms with Gasteiger partial charge in [0.15, 0.2) is 0 Å². The summed E-state index contributed by atoms with van der Waals surface area (Å²) in [5, 5.41) is 0.463. The van der Waals surface area contributed by atoms with Crippen molar-refractivity contribution in [2.24, 2.45) is 0 Å². The first-order valence-corrected chi connectivity index (χ1v) is 3.94. The van der Waals surface area contributed by atoms with Crippen LogP contribution in [0.2, 0.25) is 5.02 Å². The van der Waals surface area contributed by atoms with E-state index in [4.69, 9.17) is 11.6 Å². The fraction of sp³-hybridized carbons (Fsp3) is 0.167. The first-order valence-electron chi connectivity index (χ1n) is 2.77. The molecule has 1 aromatic rings. The summed E-state index contributed by atoms with van der Waals surface area (Å²) < 4.78 is 5.04. The molecule has 0 aliphatic heterocycles. The van der Waals surface area contributed by atoms with Gasteiger partial charge in [0.2, 0.25) is 0 Å². The van der Waals surface area contributed by atoms with Gasteiger partial charge in [0.1, 0.15) is 10.3 Å². The second-order valence-corrected chi connectivity index (χ2v) is 3.04. The maximum absolute atomic E-state index is 10.8. The quantitative estimate of drug-likeness (QED) is 0.762. The lowest BCUT2D eigenvalue weighted by atomic mass is 10.4. The summed E-state index contributed by atoms with van der Waals surface area (Å²) in [6.45, 7) is 0. The molecule has 1 N–H and O–H groups in total. The van der Waals surface area contributed by atoms with Crippen molar-refractivity contribution >= 4 is 33.5 Å². The number of methoxy groups -OCH3 is 1. The molecule has 5 heteroatoms. The molecular weight excluding hydrogens is 233 g/mol. The van der Waals surface area contributed by atoms with Gasteiger partial charge in [0, 0.05) is 0 Å². The molecule has 0 fully saturated rings. The van der Waals surface area contributed by atoms with Crippen LogP contribution in [0.25, 0.3) is 0 Å². The molecule has 0 radical (unpaired) electrons. The van der Waals surface area contributed by atoms with E-state index in [1.54, 1.807) is 0 Å². The minimum absolute atomic E-state index is 0.337. The fourth-order valence-electron chi connectivity index (χ4n) is 0.624. The van der Waals surface area contributed by atoms with E-state index < -0.39 is 5.97 Å². The van der Waals surface area contributed by atoms with Crippen LogP contribution in [0.1, 0.15) is 10.5 Å². The van der Waals surface area contributed by atoms with Crippen LogP contribution < -0.4 is 0 Å². The van der Waals surface area contributed by atoms with Crippen LogP contribution in [-0.2, 0) is 4.74 Å². The van der Waals surface area contributed by atoms with Crippen molar-refractivity contribution in [2.45, 2.75) is 0 Å². The predicted octanol–water partition coefficient (Wildman–Crippen LogP) is 2.22. The molecule has 1 rings (SSSR count). The Morgan fingerprint density at radius 2 is 2.45 bits per heavy atom. The number of carbonyl (C=O) groups is 1. The van der Waals surface area contributed by atoms with Crippen LogP contribution in [0, 0.1) is 0 Å². The summed E-state index contributed by atoms with van der Waals surface area (Å²) in [6, 6.07) is 1.50. The van der Waals surface area contributed by atoms with Gasteiger partial charge in [0.05, 0.1) is 12.1 Å². The van der Waals surface area contributed by atoms with Crippen LogP contribution >= 0.6 is 27.5 Å². The summed E-state index contributed by atoms with van der Waals surface area (Å²) in [4.78, 5) is 13.6. The zero-order valence-electron chi connectivity index (χ0n) is 5.65. The first kappa shape index (κ1) is 8.62. The van der Waals surface area contributed by atoms with E-state index in [0.717, 1.165) is 0 Å². The van der Waals surface area contributed by atoms with E-state index in [9.17, 15) is 4.79 Å². The predicted molar refractivity (Wildman–Crippen MR) is 44.8 cm³/mol. The third kappa shape index (κ3) is 1.75. The molecular formula is C6H5BrClNO2. The molecule has 0 aromatic carbocycles. The van der Waals surface area contributed by atoms with Crippen molar-refractivity contribution in [1.82, 2.24) is 4.98 Å². The molecule has 0 aliphatic rings. The Labute approximate surface area is 76.8 Å². The average molecular weight is 238 g/mol. The molecule has 0 atom stereocenters. The first-order chi connectivity index (χ1) is 5.15. The molecule has 0 spiro atoms. The molecule has 11 heavy (non-hydrogen) atoms. The topological polar surface area (TPSA) is 42.1 Å². The highest BCUT2D eigenvalue weighted by Crippen LogP contribution is 2.22. The Morgan fingerprint density at radius 3 is 2.82 bits per heavy atom. The number of esters is 1. The van der Waals surface area contributed by atoms with Gasteiger partial charge < -0.3 is 9.72 Å². The van der Waals surface area contributed by atoms with Crippen molar-refractivity contribution in [3.8, 4) is 0 Å². The van der Waals surface area contributed by atoms with Crippen LogP contribution in [0.15, 0.2) is 10.7 Å². The minimum atomic E-state index is -0.433. The van der Waals surface area contributed by atoms with Gasteiger partial charge in [-0.3, -0.25) is 0 Å². The normalized spacial score (nSPS) is 9.73. The number of H-pyrrole nitrogens is 1. The summed E-state index contributed by atoms with van der Waals surface area (Å²) in [5.74, 6) is -0.433. The van der Waals surface area contributed by atoms with Gasteiger partial charge in [-0.25, -0.2) is 4.79 Å². The molecule has 1 aromatic heterocycles. The molecule has 0 unspecified atom stereocenters. The van der Waals surface area contributed by atoms with E-state index >= 15 is 0 Å². The van der Waals surface area contributed by atoms with Crippen LogP contribution in [0.3, 0.4) is 0 Å². The van der Waals surface area contributed by atoms with E-state index in [2.05, 4.69) is 25.7 Å². The molecule has 1 heterocycles. The molecule has 0 aliphatic carbocycles. The second kappa shape index (κ2) is 3.28. The smallest absolute Gasteiger partial charge is 0.354 e. The standard InChI is InChI=1S/C6H5BrClNO2/c1-11-6(10)4-2-3(8)5(7)9-4/h2,9H,1H3. The number of aromatic amines is 1. The van der Waals surface area contributed by atoms with Gasteiger partial charge in [-0.1, -0.05) is 11.6 Å². The van der Waals surface area contributed by atoms with Gasteiger partial charge >= 0.3 is 5.97 Å². The third-order valence-electron chi connectivity index (χ3n) is 1.13. The zero-order chi connectivity index (χ0) is 8.43. The lowest BCUT2D eigenvalue weighted by Gasteiger charge is -1.91. The van der Waals surface area contributed by atoms with Crippen molar-refractivity contribution in [2.75, 3.05) is 7.11 Å². The highest BCUT2D eigenvalue weighted by atomic mass is 79.9. The highest BCUT2D eigenvalue weighted by molar-refractivity contribution is 9.10. The average Bonchev–Trinajstić information content (AvgIpc) is 2.31. The molecule has 0 bridgehead atoms. The summed E-state index contributed by atoms with van der Waals surface area (Å²) >= 11 is 8.76. The molecule has 0 amide bonds. The lowest BCUT2D eigenvalue weighted by Crippen LogP contribution is -2.00.